The zero-order valence-corrected chi connectivity index (χ0v) is 11.1. The molecule has 0 heterocycles. The van der Waals surface area contributed by atoms with Gasteiger partial charge in [0.05, 0.1) is 13.2 Å². The molecule has 2 aromatic carbocycles. The van der Waals surface area contributed by atoms with Gasteiger partial charge in [-0.3, -0.25) is 0 Å². The molecule has 0 saturated carbocycles. The zero-order chi connectivity index (χ0) is 14.2. The van der Waals surface area contributed by atoms with Crippen LogP contribution in [0.4, 0.5) is 0 Å². The normalized spacial score (nSPS) is 12.1. The van der Waals surface area contributed by atoms with Crippen molar-refractivity contribution in [1.29, 1.82) is 0 Å². The van der Waals surface area contributed by atoms with E-state index in [0.29, 0.717) is 5.75 Å². The molecule has 0 aliphatic heterocycles. The van der Waals surface area contributed by atoms with Crippen LogP contribution in [0.5, 0.6) is 5.75 Å². The minimum Gasteiger partial charge on any atom is -0.462 e. The Hall–Kier alpha value is -1.88. The number of aliphatic hydroxyl groups excluding tert-OH is 2. The van der Waals surface area contributed by atoms with Crippen molar-refractivity contribution in [1.82, 2.24) is 0 Å². The van der Waals surface area contributed by atoms with E-state index in [-0.39, 0.29) is 19.8 Å². The number of benzene rings is 2. The van der Waals surface area contributed by atoms with Gasteiger partial charge in [-0.25, -0.2) is 0 Å². The Labute approximate surface area is 118 Å². The predicted octanol–water partition coefficient (Wildman–Crippen LogP) is 2.06. The molecule has 0 fully saturated rings. The second-order valence-electron chi connectivity index (χ2n) is 4.23. The molecule has 2 N–H and O–H groups in total. The lowest BCUT2D eigenvalue weighted by atomic mass is 10.1. The van der Waals surface area contributed by atoms with Crippen LogP contribution in [0.2, 0.25) is 0 Å². The Morgan fingerprint density at radius 2 is 1.65 bits per heavy atom. The van der Waals surface area contributed by atoms with Crippen molar-refractivity contribution in [3.63, 3.8) is 0 Å². The van der Waals surface area contributed by atoms with Crippen molar-refractivity contribution >= 4 is 0 Å². The van der Waals surface area contributed by atoms with Crippen LogP contribution in [-0.2, 0) is 4.74 Å². The minimum absolute atomic E-state index is 0.0175. The fourth-order valence-electron chi connectivity index (χ4n) is 1.85. The van der Waals surface area contributed by atoms with E-state index in [1.54, 1.807) is 6.07 Å². The van der Waals surface area contributed by atoms with Gasteiger partial charge in [-0.1, -0.05) is 48.5 Å². The van der Waals surface area contributed by atoms with Gasteiger partial charge in [0.1, 0.15) is 12.4 Å². The number of ether oxygens (including phenoxy) is 2. The summed E-state index contributed by atoms with van der Waals surface area (Å²) >= 11 is 0. The van der Waals surface area contributed by atoms with Gasteiger partial charge in [-0.05, 0) is 11.6 Å². The van der Waals surface area contributed by atoms with Gasteiger partial charge in [-0.15, -0.1) is 0 Å². The average Bonchev–Trinajstić information content (AvgIpc) is 2.49. The molecule has 20 heavy (non-hydrogen) atoms. The Morgan fingerprint density at radius 3 is 2.40 bits per heavy atom. The first-order valence-electron chi connectivity index (χ1n) is 6.49. The molecule has 4 nitrogen and oxygen atoms in total. The Bertz CT molecular complexity index is 513. The Morgan fingerprint density at radius 1 is 0.950 bits per heavy atom. The molecule has 0 saturated heterocycles. The van der Waals surface area contributed by atoms with E-state index in [9.17, 15) is 5.11 Å². The monoisotopic (exact) mass is 274 g/mol. The summed E-state index contributed by atoms with van der Waals surface area (Å²) in [5.74, 6) is 0.596. The maximum atomic E-state index is 9.77. The van der Waals surface area contributed by atoms with Crippen LogP contribution in [0.1, 0.15) is 0 Å². The van der Waals surface area contributed by atoms with E-state index in [1.807, 2.05) is 48.5 Å². The molecule has 2 aromatic rings. The van der Waals surface area contributed by atoms with E-state index >= 15 is 0 Å². The van der Waals surface area contributed by atoms with E-state index in [1.165, 1.54) is 0 Å². The van der Waals surface area contributed by atoms with Crippen molar-refractivity contribution in [3.05, 3.63) is 54.6 Å². The first kappa shape index (κ1) is 14.5. The molecular weight excluding hydrogens is 256 g/mol. The summed E-state index contributed by atoms with van der Waals surface area (Å²) in [4.78, 5) is 0. The van der Waals surface area contributed by atoms with Gasteiger partial charge < -0.3 is 19.7 Å². The fraction of sp³-hybridized carbons (Fsp3) is 0.250. The van der Waals surface area contributed by atoms with Gasteiger partial charge in [0.15, 0.2) is 0 Å². The van der Waals surface area contributed by atoms with Crippen molar-refractivity contribution < 1.29 is 19.7 Å². The average molecular weight is 274 g/mol. The van der Waals surface area contributed by atoms with E-state index in [0.717, 1.165) is 11.1 Å². The third kappa shape index (κ3) is 4.06. The highest BCUT2D eigenvalue weighted by Crippen LogP contribution is 2.29. The van der Waals surface area contributed by atoms with Gasteiger partial charge in [0.2, 0.25) is 6.29 Å². The molecule has 2 rings (SSSR count). The van der Waals surface area contributed by atoms with E-state index < -0.39 is 6.29 Å². The quantitative estimate of drug-likeness (QED) is 0.599. The molecule has 0 aliphatic rings. The third-order valence-corrected chi connectivity index (χ3v) is 2.73. The molecule has 1 unspecified atom stereocenters. The van der Waals surface area contributed by atoms with Crippen LogP contribution in [0.15, 0.2) is 54.6 Å². The summed E-state index contributed by atoms with van der Waals surface area (Å²) in [6, 6.07) is 17.3. The highest BCUT2D eigenvalue weighted by Gasteiger charge is 2.10. The Kier molecular flexibility index (Phi) is 5.55. The summed E-state index contributed by atoms with van der Waals surface area (Å²) in [5, 5.41) is 18.4. The topological polar surface area (TPSA) is 58.9 Å². The molecule has 0 aliphatic carbocycles. The summed E-state index contributed by atoms with van der Waals surface area (Å²) in [6.45, 7) is 0.123. The van der Waals surface area contributed by atoms with Crippen molar-refractivity contribution in [3.8, 4) is 16.9 Å². The van der Waals surface area contributed by atoms with Crippen LogP contribution in [0.25, 0.3) is 11.1 Å². The lowest BCUT2D eigenvalue weighted by Gasteiger charge is -2.16. The number of hydrogen-bond donors (Lipinski definition) is 2. The van der Waals surface area contributed by atoms with Gasteiger partial charge in [0, 0.05) is 5.56 Å². The van der Waals surface area contributed by atoms with Crippen LogP contribution in [0.3, 0.4) is 0 Å². The number of rotatable bonds is 7. The largest absolute Gasteiger partial charge is 0.462 e. The van der Waals surface area contributed by atoms with Crippen LogP contribution < -0.4 is 4.74 Å². The summed E-state index contributed by atoms with van der Waals surface area (Å²) in [6.07, 6.45) is -1.06. The molecule has 1 atom stereocenters. The van der Waals surface area contributed by atoms with Crippen LogP contribution in [0, 0.1) is 0 Å². The maximum Gasteiger partial charge on any atom is 0.221 e. The fourth-order valence-corrected chi connectivity index (χ4v) is 1.85. The molecule has 106 valence electrons. The number of hydrogen-bond acceptors (Lipinski definition) is 4. The zero-order valence-electron chi connectivity index (χ0n) is 11.1. The number of aliphatic hydroxyl groups is 2. The first-order valence-corrected chi connectivity index (χ1v) is 6.49. The SMILES string of the molecule is OCCOCC(O)Oc1ccccc1-c1ccccc1. The summed E-state index contributed by atoms with van der Waals surface area (Å²) in [7, 11) is 0. The standard InChI is InChI=1S/C16H18O4/c17-10-11-19-12-16(18)20-15-9-5-4-8-14(15)13-6-2-1-3-7-13/h1-9,16-18H,10-12H2. The lowest BCUT2D eigenvalue weighted by Crippen LogP contribution is -2.23. The van der Waals surface area contributed by atoms with Crippen molar-refractivity contribution in [2.75, 3.05) is 19.8 Å². The maximum absolute atomic E-state index is 9.77. The molecule has 0 spiro atoms. The molecule has 0 bridgehead atoms. The molecule has 0 amide bonds. The molecule has 0 radical (unpaired) electrons. The Balaban J connectivity index is 2.09. The van der Waals surface area contributed by atoms with Crippen molar-refractivity contribution in [2.45, 2.75) is 6.29 Å². The summed E-state index contributed by atoms with van der Waals surface area (Å²) < 4.78 is 10.5. The highest BCUT2D eigenvalue weighted by molar-refractivity contribution is 5.70. The second-order valence-corrected chi connectivity index (χ2v) is 4.23. The lowest BCUT2D eigenvalue weighted by molar-refractivity contribution is -0.0806. The third-order valence-electron chi connectivity index (χ3n) is 2.73. The smallest absolute Gasteiger partial charge is 0.221 e. The molecule has 4 heteroatoms. The second kappa shape index (κ2) is 7.65. The first-order chi connectivity index (χ1) is 9.81. The highest BCUT2D eigenvalue weighted by atomic mass is 16.6. The van der Waals surface area contributed by atoms with Gasteiger partial charge in [-0.2, -0.15) is 0 Å². The molecule has 0 aromatic heterocycles. The van der Waals surface area contributed by atoms with Crippen molar-refractivity contribution in [2.24, 2.45) is 0 Å². The minimum atomic E-state index is -1.06. The number of para-hydroxylation sites is 1. The summed E-state index contributed by atoms with van der Waals surface area (Å²) in [5.41, 5.74) is 1.93. The van der Waals surface area contributed by atoms with Crippen LogP contribution >= 0.6 is 0 Å². The van der Waals surface area contributed by atoms with Crippen LogP contribution in [-0.4, -0.2) is 36.3 Å². The van der Waals surface area contributed by atoms with Gasteiger partial charge in [0.25, 0.3) is 0 Å². The molecular formula is C16H18O4. The van der Waals surface area contributed by atoms with Gasteiger partial charge >= 0.3 is 0 Å². The van der Waals surface area contributed by atoms with E-state index in [4.69, 9.17) is 14.6 Å². The predicted molar refractivity (Wildman–Crippen MR) is 76.4 cm³/mol. The van der Waals surface area contributed by atoms with E-state index in [2.05, 4.69) is 0 Å².